The normalized spacial score (nSPS) is 12.1. The van der Waals surface area contributed by atoms with Crippen molar-refractivity contribution in [3.8, 4) is 0 Å². The molecule has 0 radical (unpaired) electrons. The van der Waals surface area contributed by atoms with Crippen LogP contribution in [-0.4, -0.2) is 24.8 Å². The molecule has 0 heterocycles. The topological polar surface area (TPSA) is 32.3 Å². The van der Waals surface area contributed by atoms with Crippen LogP contribution < -0.4 is 5.32 Å². The van der Waals surface area contributed by atoms with Crippen LogP contribution in [0.1, 0.15) is 44.7 Å². The van der Waals surface area contributed by atoms with E-state index in [0.29, 0.717) is 12.5 Å². The van der Waals surface area contributed by atoms with Crippen molar-refractivity contribution in [3.05, 3.63) is 35.4 Å². The smallest absolute Gasteiger partial charge is 0.0555 e. The Morgan fingerprint density at radius 1 is 1.18 bits per heavy atom. The minimum atomic E-state index is 0.102. The number of aliphatic hydroxyl groups excluding tert-OH is 1. The van der Waals surface area contributed by atoms with E-state index >= 15 is 0 Å². The Kier molecular flexibility index (Phi) is 5.16. The molecule has 1 aromatic carbocycles. The molecule has 0 atom stereocenters. The molecule has 0 saturated heterocycles. The summed E-state index contributed by atoms with van der Waals surface area (Å²) in [5.41, 5.74) is 2.82. The molecule has 0 unspecified atom stereocenters. The summed E-state index contributed by atoms with van der Waals surface area (Å²) >= 11 is 0. The standard InChI is InChI=1S/C15H25NO/c1-12(2)13-5-7-14(8-6-13)15(3,4)11-16-9-10-17/h5-8,12,16-17H,9-11H2,1-4H3. The van der Waals surface area contributed by atoms with Crippen LogP contribution in [0.5, 0.6) is 0 Å². The van der Waals surface area contributed by atoms with Gasteiger partial charge in [-0.25, -0.2) is 0 Å². The molecule has 0 amide bonds. The van der Waals surface area contributed by atoms with Gasteiger partial charge in [-0.1, -0.05) is 52.0 Å². The molecule has 1 rings (SSSR count). The van der Waals surface area contributed by atoms with Gasteiger partial charge >= 0.3 is 0 Å². The maximum Gasteiger partial charge on any atom is 0.0555 e. The minimum absolute atomic E-state index is 0.102. The van der Waals surface area contributed by atoms with Crippen molar-refractivity contribution in [1.29, 1.82) is 0 Å². The Bertz CT molecular complexity index is 327. The second-order valence-corrected chi connectivity index (χ2v) is 5.56. The van der Waals surface area contributed by atoms with E-state index in [0.717, 1.165) is 6.54 Å². The first-order chi connectivity index (χ1) is 7.97. The second-order valence-electron chi connectivity index (χ2n) is 5.56. The van der Waals surface area contributed by atoms with Gasteiger partial charge in [0.1, 0.15) is 0 Å². The number of hydrogen-bond acceptors (Lipinski definition) is 2. The van der Waals surface area contributed by atoms with Gasteiger partial charge in [0, 0.05) is 18.5 Å². The van der Waals surface area contributed by atoms with E-state index < -0.39 is 0 Å². The third kappa shape index (κ3) is 4.14. The van der Waals surface area contributed by atoms with E-state index in [-0.39, 0.29) is 12.0 Å². The summed E-state index contributed by atoms with van der Waals surface area (Å²) in [6.45, 7) is 10.6. The highest BCUT2D eigenvalue weighted by molar-refractivity contribution is 5.29. The molecule has 2 heteroatoms. The average Bonchev–Trinajstić information content (AvgIpc) is 2.29. The molecular weight excluding hydrogens is 210 g/mol. The first-order valence-corrected chi connectivity index (χ1v) is 6.39. The average molecular weight is 235 g/mol. The van der Waals surface area contributed by atoms with Gasteiger partial charge in [-0.3, -0.25) is 0 Å². The Labute approximate surface area is 105 Å². The SMILES string of the molecule is CC(C)c1ccc(C(C)(C)CNCCO)cc1. The van der Waals surface area contributed by atoms with Crippen LogP contribution >= 0.6 is 0 Å². The third-order valence-electron chi connectivity index (χ3n) is 3.21. The molecule has 17 heavy (non-hydrogen) atoms. The summed E-state index contributed by atoms with van der Waals surface area (Å²) in [5, 5.41) is 12.0. The second kappa shape index (κ2) is 6.18. The fraction of sp³-hybridized carbons (Fsp3) is 0.600. The zero-order valence-corrected chi connectivity index (χ0v) is 11.5. The molecular formula is C15H25NO. The molecule has 0 aliphatic carbocycles. The summed E-state index contributed by atoms with van der Waals surface area (Å²) in [6, 6.07) is 8.87. The third-order valence-corrected chi connectivity index (χ3v) is 3.21. The van der Waals surface area contributed by atoms with Gasteiger partial charge in [0.25, 0.3) is 0 Å². The highest BCUT2D eigenvalue weighted by atomic mass is 16.3. The predicted molar refractivity (Wildman–Crippen MR) is 73.5 cm³/mol. The van der Waals surface area contributed by atoms with E-state index in [9.17, 15) is 0 Å². The van der Waals surface area contributed by atoms with Crippen molar-refractivity contribution in [1.82, 2.24) is 5.32 Å². The van der Waals surface area contributed by atoms with Gasteiger partial charge in [-0.05, 0) is 17.0 Å². The largest absolute Gasteiger partial charge is 0.395 e. The molecule has 2 nitrogen and oxygen atoms in total. The highest BCUT2D eigenvalue weighted by Crippen LogP contribution is 2.24. The Balaban J connectivity index is 2.70. The zero-order valence-electron chi connectivity index (χ0n) is 11.5. The molecule has 0 aliphatic heterocycles. The molecule has 0 fully saturated rings. The van der Waals surface area contributed by atoms with Crippen molar-refractivity contribution in [2.45, 2.75) is 39.0 Å². The molecule has 0 aromatic heterocycles. The van der Waals surface area contributed by atoms with Gasteiger partial charge < -0.3 is 10.4 Å². The first kappa shape index (κ1) is 14.2. The van der Waals surface area contributed by atoms with E-state index in [1.54, 1.807) is 0 Å². The summed E-state index contributed by atoms with van der Waals surface area (Å²) in [6.07, 6.45) is 0. The molecule has 96 valence electrons. The van der Waals surface area contributed by atoms with Crippen LogP contribution in [0.15, 0.2) is 24.3 Å². The van der Waals surface area contributed by atoms with Crippen LogP contribution in [0.25, 0.3) is 0 Å². The fourth-order valence-electron chi connectivity index (χ4n) is 1.90. The van der Waals surface area contributed by atoms with Crippen molar-refractivity contribution in [3.63, 3.8) is 0 Å². The summed E-state index contributed by atoms with van der Waals surface area (Å²) in [4.78, 5) is 0. The summed E-state index contributed by atoms with van der Waals surface area (Å²) in [7, 11) is 0. The van der Waals surface area contributed by atoms with Gasteiger partial charge in [0.05, 0.1) is 6.61 Å². The van der Waals surface area contributed by atoms with Gasteiger partial charge in [0.2, 0.25) is 0 Å². The number of nitrogens with one attached hydrogen (secondary N) is 1. The molecule has 2 N–H and O–H groups in total. The lowest BCUT2D eigenvalue weighted by atomic mass is 9.83. The highest BCUT2D eigenvalue weighted by Gasteiger charge is 2.19. The van der Waals surface area contributed by atoms with Crippen LogP contribution in [0.3, 0.4) is 0 Å². The van der Waals surface area contributed by atoms with Crippen molar-refractivity contribution in [2.75, 3.05) is 19.7 Å². The Morgan fingerprint density at radius 2 is 1.76 bits per heavy atom. The number of benzene rings is 1. The molecule has 1 aromatic rings. The van der Waals surface area contributed by atoms with Crippen LogP contribution in [0.4, 0.5) is 0 Å². The lowest BCUT2D eigenvalue weighted by molar-refractivity contribution is 0.286. The quantitative estimate of drug-likeness (QED) is 0.743. The lowest BCUT2D eigenvalue weighted by Gasteiger charge is -2.26. The summed E-state index contributed by atoms with van der Waals surface area (Å²) < 4.78 is 0. The minimum Gasteiger partial charge on any atom is -0.395 e. The fourth-order valence-corrected chi connectivity index (χ4v) is 1.90. The van der Waals surface area contributed by atoms with E-state index in [4.69, 9.17) is 5.11 Å². The maximum atomic E-state index is 8.77. The van der Waals surface area contributed by atoms with Crippen LogP contribution in [-0.2, 0) is 5.41 Å². The molecule has 0 bridgehead atoms. The van der Waals surface area contributed by atoms with E-state index in [1.165, 1.54) is 11.1 Å². The monoisotopic (exact) mass is 235 g/mol. The van der Waals surface area contributed by atoms with E-state index in [2.05, 4.69) is 57.3 Å². The van der Waals surface area contributed by atoms with Crippen LogP contribution in [0.2, 0.25) is 0 Å². The first-order valence-electron chi connectivity index (χ1n) is 6.39. The van der Waals surface area contributed by atoms with Crippen molar-refractivity contribution in [2.24, 2.45) is 0 Å². The molecule has 0 aliphatic rings. The number of rotatable bonds is 6. The Hall–Kier alpha value is -0.860. The van der Waals surface area contributed by atoms with Crippen LogP contribution in [0, 0.1) is 0 Å². The Morgan fingerprint density at radius 3 is 2.24 bits per heavy atom. The van der Waals surface area contributed by atoms with Gasteiger partial charge in [-0.2, -0.15) is 0 Å². The van der Waals surface area contributed by atoms with Gasteiger partial charge in [0.15, 0.2) is 0 Å². The molecule has 0 spiro atoms. The molecule has 0 saturated carbocycles. The number of aliphatic hydroxyl groups is 1. The van der Waals surface area contributed by atoms with Gasteiger partial charge in [-0.15, -0.1) is 0 Å². The lowest BCUT2D eigenvalue weighted by Crippen LogP contribution is -2.34. The van der Waals surface area contributed by atoms with Crippen molar-refractivity contribution >= 4 is 0 Å². The zero-order chi connectivity index (χ0) is 12.9. The maximum absolute atomic E-state index is 8.77. The number of hydrogen-bond donors (Lipinski definition) is 2. The summed E-state index contributed by atoms with van der Waals surface area (Å²) in [5.74, 6) is 0.583. The van der Waals surface area contributed by atoms with Crippen molar-refractivity contribution < 1.29 is 5.11 Å². The predicted octanol–water partition coefficient (Wildman–Crippen LogP) is 2.67. The van der Waals surface area contributed by atoms with E-state index in [1.807, 2.05) is 0 Å².